The number of ether oxygens (including phenoxy) is 1. The maximum atomic E-state index is 13.0. The normalized spacial score (nSPS) is 12.8. The number of anilines is 1. The maximum absolute atomic E-state index is 13.0. The molecule has 52 heavy (non-hydrogen) atoms. The summed E-state index contributed by atoms with van der Waals surface area (Å²) in [6.45, 7) is 2.10. The number of aromatic carboxylic acids is 2. The number of hydrogen-bond acceptors (Lipinski definition) is 6. The van der Waals surface area contributed by atoms with Gasteiger partial charge in [-0.25, -0.2) is 19.6 Å². The quantitative estimate of drug-likeness (QED) is 0.124. The van der Waals surface area contributed by atoms with Gasteiger partial charge in [0.1, 0.15) is 18.1 Å². The molecule has 2 heterocycles. The monoisotopic (exact) mass is 729 g/mol. The summed E-state index contributed by atoms with van der Waals surface area (Å²) in [7, 11) is 0. The average Bonchev–Trinajstić information content (AvgIpc) is 3.14. The Bertz CT molecular complexity index is 2060. The first-order chi connectivity index (χ1) is 25.0. The van der Waals surface area contributed by atoms with E-state index in [0.717, 1.165) is 53.2 Å². The van der Waals surface area contributed by atoms with E-state index in [2.05, 4.69) is 15.0 Å². The first-order valence-corrected chi connectivity index (χ1v) is 17.1. The summed E-state index contributed by atoms with van der Waals surface area (Å²) < 4.78 is 45.3. The zero-order chi connectivity index (χ0) is 36.8. The van der Waals surface area contributed by atoms with Gasteiger partial charge in [-0.1, -0.05) is 66.2 Å². The lowest BCUT2D eigenvalue weighted by Gasteiger charge is -2.40. The van der Waals surface area contributed by atoms with Crippen molar-refractivity contribution in [3.63, 3.8) is 0 Å². The predicted molar refractivity (Wildman–Crippen MR) is 192 cm³/mol. The van der Waals surface area contributed by atoms with E-state index in [9.17, 15) is 33.0 Å². The second-order valence-electron chi connectivity index (χ2n) is 12.4. The third-order valence-electron chi connectivity index (χ3n) is 9.03. The summed E-state index contributed by atoms with van der Waals surface area (Å²) in [5, 5.41) is 23.6. The highest BCUT2D eigenvalue weighted by molar-refractivity contribution is 6.31. The number of pyridine rings is 1. The van der Waals surface area contributed by atoms with Crippen molar-refractivity contribution < 1.29 is 37.7 Å². The van der Waals surface area contributed by atoms with Crippen LogP contribution in [0.15, 0.2) is 103 Å². The molecule has 0 unspecified atom stereocenters. The number of aryl methyl sites for hydroxylation is 1. The molecule has 6 rings (SSSR count). The minimum atomic E-state index is -4.41. The van der Waals surface area contributed by atoms with Crippen LogP contribution in [0.2, 0.25) is 5.02 Å². The lowest BCUT2D eigenvalue weighted by atomic mass is 10.0. The van der Waals surface area contributed by atoms with Crippen LogP contribution in [0.1, 0.15) is 55.2 Å². The van der Waals surface area contributed by atoms with Crippen LogP contribution < -0.4 is 9.75 Å². The number of rotatable bonds is 13. The van der Waals surface area contributed by atoms with Crippen LogP contribution in [-0.4, -0.2) is 51.8 Å². The van der Waals surface area contributed by atoms with E-state index in [0.29, 0.717) is 54.3 Å². The van der Waals surface area contributed by atoms with Crippen molar-refractivity contribution in [1.82, 2.24) is 9.99 Å². The molecule has 0 amide bonds. The first kappa shape index (κ1) is 36.4. The van der Waals surface area contributed by atoms with Gasteiger partial charge in [-0.3, -0.25) is 0 Å². The van der Waals surface area contributed by atoms with Crippen LogP contribution >= 0.6 is 11.6 Å². The summed E-state index contributed by atoms with van der Waals surface area (Å²) >= 11 is 6.62. The van der Waals surface area contributed by atoms with Crippen LogP contribution in [0.25, 0.3) is 11.1 Å². The van der Waals surface area contributed by atoms with Crippen LogP contribution in [0.3, 0.4) is 0 Å². The molecule has 0 aliphatic carbocycles. The molecule has 4 aromatic carbocycles. The van der Waals surface area contributed by atoms with E-state index >= 15 is 0 Å². The molecule has 0 bridgehead atoms. The molecule has 0 fully saturated rings. The van der Waals surface area contributed by atoms with Crippen molar-refractivity contribution >= 4 is 29.2 Å². The van der Waals surface area contributed by atoms with Crippen molar-refractivity contribution in [2.45, 2.75) is 38.5 Å². The number of fused-ring (bicyclic) bond motifs is 1. The number of carboxylic acid groups (broad SMARTS) is 2. The molecule has 8 nitrogen and oxygen atoms in total. The molecule has 0 spiro atoms. The van der Waals surface area contributed by atoms with Crippen LogP contribution in [0, 0.1) is 0 Å². The van der Waals surface area contributed by atoms with Crippen LogP contribution in [-0.2, 0) is 32.0 Å². The third kappa shape index (κ3) is 8.72. The van der Waals surface area contributed by atoms with E-state index in [1.54, 1.807) is 30.3 Å². The minimum Gasteiger partial charge on any atom is -0.489 e. The standard InChI is InChI=1S/C40H35ClF3N3O5/c41-33-24-30(27-13-15-32(16-14-27)40(42,43)44)11-12-31(33)25-52-37-6-2-1-4-28(37)20-23-46(22-19-26-7-9-29(10-8-26)38(48)49)47-21-3-5-34-36(47)18-17-35(45-34)39(50)51/h1-2,4,6-18,24H,3,5,19-23,25H2,(H,48,49)(H,50,51). The molecular weight excluding hydrogens is 695 g/mol. The van der Waals surface area contributed by atoms with Crippen molar-refractivity contribution in [2.75, 3.05) is 24.6 Å². The number of nitrogens with zero attached hydrogens (tertiary/aromatic N) is 3. The molecule has 1 aliphatic rings. The number of hydrazine groups is 1. The Kier molecular flexibility index (Phi) is 11.1. The average molecular weight is 730 g/mol. The predicted octanol–water partition coefficient (Wildman–Crippen LogP) is 8.85. The molecule has 0 atom stereocenters. The second-order valence-corrected chi connectivity index (χ2v) is 12.8. The number of alkyl halides is 3. The topological polar surface area (TPSA) is 103 Å². The van der Waals surface area contributed by atoms with Crippen LogP contribution in [0.5, 0.6) is 5.75 Å². The zero-order valence-corrected chi connectivity index (χ0v) is 28.7. The SMILES string of the molecule is O=C(O)c1ccc(CCN(CCc2ccccc2OCc2ccc(-c3ccc(C(F)(F)F)cc3)cc2Cl)N2CCCc3nc(C(=O)O)ccc32)cc1. The van der Waals surface area contributed by atoms with E-state index < -0.39 is 23.7 Å². The van der Waals surface area contributed by atoms with Gasteiger partial charge in [-0.2, -0.15) is 13.2 Å². The van der Waals surface area contributed by atoms with E-state index in [1.807, 2.05) is 42.5 Å². The second kappa shape index (κ2) is 15.9. The molecule has 12 heteroatoms. The number of carboxylic acids is 2. The Labute approximate surface area is 303 Å². The highest BCUT2D eigenvalue weighted by atomic mass is 35.5. The highest BCUT2D eigenvalue weighted by Crippen LogP contribution is 2.33. The Morgan fingerprint density at radius 3 is 2.23 bits per heavy atom. The van der Waals surface area contributed by atoms with Gasteiger partial charge in [-0.05, 0) is 96.5 Å². The number of carbonyl (C=O) groups is 2. The lowest BCUT2D eigenvalue weighted by molar-refractivity contribution is -0.137. The highest BCUT2D eigenvalue weighted by Gasteiger charge is 2.30. The molecule has 5 aromatic rings. The number of hydrogen-bond donors (Lipinski definition) is 2. The number of aromatic nitrogens is 1. The number of halogens is 4. The fourth-order valence-electron chi connectivity index (χ4n) is 6.22. The van der Waals surface area contributed by atoms with E-state index in [-0.39, 0.29) is 17.9 Å². The van der Waals surface area contributed by atoms with Gasteiger partial charge in [0.05, 0.1) is 22.5 Å². The maximum Gasteiger partial charge on any atom is 0.416 e. The fourth-order valence-corrected chi connectivity index (χ4v) is 6.45. The van der Waals surface area contributed by atoms with Crippen molar-refractivity contribution in [3.8, 4) is 16.9 Å². The Hall–Kier alpha value is -5.39. The Morgan fingerprint density at radius 1 is 0.827 bits per heavy atom. The summed E-state index contributed by atoms with van der Waals surface area (Å²) in [5.74, 6) is -1.37. The molecular formula is C40H35ClF3N3O5. The molecule has 0 saturated carbocycles. The molecule has 2 N–H and O–H groups in total. The summed E-state index contributed by atoms with van der Waals surface area (Å²) in [5.41, 5.74) is 5.07. The van der Waals surface area contributed by atoms with E-state index in [4.69, 9.17) is 16.3 Å². The van der Waals surface area contributed by atoms with Crippen molar-refractivity contribution in [2.24, 2.45) is 0 Å². The van der Waals surface area contributed by atoms with Crippen molar-refractivity contribution in [1.29, 1.82) is 0 Å². The number of benzene rings is 4. The largest absolute Gasteiger partial charge is 0.489 e. The van der Waals surface area contributed by atoms with Gasteiger partial charge in [0, 0.05) is 30.2 Å². The fraction of sp³-hybridized carbons (Fsp3) is 0.225. The van der Waals surface area contributed by atoms with Crippen molar-refractivity contribution in [3.05, 3.63) is 147 Å². The van der Waals surface area contributed by atoms with E-state index in [1.165, 1.54) is 18.2 Å². The molecule has 1 aromatic heterocycles. The summed E-state index contributed by atoms with van der Waals surface area (Å²) in [6, 6.07) is 28.1. The van der Waals surface area contributed by atoms with Crippen LogP contribution in [0.4, 0.5) is 18.9 Å². The number of para-hydroxylation sites is 1. The van der Waals surface area contributed by atoms with Gasteiger partial charge in [0.25, 0.3) is 0 Å². The summed E-state index contributed by atoms with van der Waals surface area (Å²) in [6.07, 6.45) is -1.69. The third-order valence-corrected chi connectivity index (χ3v) is 9.38. The molecule has 0 radical (unpaired) electrons. The minimum absolute atomic E-state index is 0.00563. The van der Waals surface area contributed by atoms with Gasteiger partial charge >= 0.3 is 18.1 Å². The lowest BCUT2D eigenvalue weighted by Crippen LogP contribution is -2.47. The van der Waals surface area contributed by atoms with Gasteiger partial charge in [0.15, 0.2) is 0 Å². The van der Waals surface area contributed by atoms with Gasteiger partial charge in [0.2, 0.25) is 0 Å². The Morgan fingerprint density at radius 2 is 1.54 bits per heavy atom. The van der Waals surface area contributed by atoms with Gasteiger partial charge in [-0.15, -0.1) is 0 Å². The molecule has 268 valence electrons. The molecule has 1 aliphatic heterocycles. The smallest absolute Gasteiger partial charge is 0.416 e. The van der Waals surface area contributed by atoms with Gasteiger partial charge < -0.3 is 20.0 Å². The molecule has 0 saturated heterocycles. The summed E-state index contributed by atoms with van der Waals surface area (Å²) in [4.78, 5) is 27.4. The zero-order valence-electron chi connectivity index (χ0n) is 27.9. The Balaban J connectivity index is 1.17. The first-order valence-electron chi connectivity index (χ1n) is 16.7.